The number of sulfonamides is 1. The van der Waals surface area contributed by atoms with Crippen LogP contribution in [0.25, 0.3) is 0 Å². The van der Waals surface area contributed by atoms with Crippen LogP contribution in [0, 0.1) is 0 Å². The third-order valence-corrected chi connectivity index (χ3v) is 3.63. The average Bonchev–Trinajstić information content (AvgIpc) is 2.17. The number of rotatable bonds is 10. The highest BCUT2D eigenvalue weighted by atomic mass is 35.5. The molecule has 0 fully saturated rings. The van der Waals surface area contributed by atoms with Gasteiger partial charge < -0.3 is 4.74 Å². The first-order valence-electron chi connectivity index (χ1n) is 5.14. The summed E-state index contributed by atoms with van der Waals surface area (Å²) in [7, 11) is -1.46. The molecule has 0 aliphatic carbocycles. The van der Waals surface area contributed by atoms with E-state index >= 15 is 0 Å². The summed E-state index contributed by atoms with van der Waals surface area (Å²) in [4.78, 5) is 0. The molecule has 0 rings (SSSR count). The van der Waals surface area contributed by atoms with E-state index in [-0.39, 0.29) is 5.75 Å². The lowest BCUT2D eigenvalue weighted by atomic mass is 10.3. The molecule has 0 saturated heterocycles. The van der Waals surface area contributed by atoms with Crippen molar-refractivity contribution in [3.63, 3.8) is 0 Å². The van der Waals surface area contributed by atoms with E-state index in [2.05, 4.69) is 4.72 Å². The van der Waals surface area contributed by atoms with Gasteiger partial charge in [-0.2, -0.15) is 0 Å². The van der Waals surface area contributed by atoms with Gasteiger partial charge in [-0.15, -0.1) is 11.6 Å². The van der Waals surface area contributed by atoms with Gasteiger partial charge in [-0.25, -0.2) is 13.1 Å². The molecule has 0 spiro atoms. The van der Waals surface area contributed by atoms with Crippen molar-refractivity contribution in [2.45, 2.75) is 25.7 Å². The molecule has 0 aromatic carbocycles. The van der Waals surface area contributed by atoms with Crippen molar-refractivity contribution < 1.29 is 13.2 Å². The highest BCUT2D eigenvalue weighted by Crippen LogP contribution is 1.97. The Labute approximate surface area is 97.4 Å². The molecule has 0 aliphatic heterocycles. The van der Waals surface area contributed by atoms with E-state index in [1.54, 1.807) is 7.11 Å². The van der Waals surface area contributed by atoms with E-state index in [0.29, 0.717) is 25.5 Å². The first-order valence-corrected chi connectivity index (χ1v) is 7.33. The fraction of sp³-hybridized carbons (Fsp3) is 1.00. The number of halogens is 1. The van der Waals surface area contributed by atoms with Gasteiger partial charge in [0.25, 0.3) is 0 Å². The number of nitrogens with one attached hydrogen (secondary N) is 1. The molecule has 0 radical (unpaired) electrons. The number of unbranched alkanes of at least 4 members (excludes halogenated alkanes) is 2. The zero-order chi connectivity index (χ0) is 11.6. The summed E-state index contributed by atoms with van der Waals surface area (Å²) in [6.07, 6.45) is 3.05. The number of methoxy groups -OCH3 is 1. The van der Waals surface area contributed by atoms with Crippen molar-refractivity contribution in [1.82, 2.24) is 4.72 Å². The van der Waals surface area contributed by atoms with Crippen LogP contribution in [0.1, 0.15) is 25.7 Å². The zero-order valence-electron chi connectivity index (χ0n) is 9.17. The van der Waals surface area contributed by atoms with Crippen molar-refractivity contribution in [3.8, 4) is 0 Å². The molecule has 15 heavy (non-hydrogen) atoms. The molecule has 0 aromatic heterocycles. The summed E-state index contributed by atoms with van der Waals surface area (Å²) in [6.45, 7) is 1.17. The van der Waals surface area contributed by atoms with E-state index in [1.807, 2.05) is 0 Å². The maximum absolute atomic E-state index is 11.4. The van der Waals surface area contributed by atoms with Gasteiger partial charge in [0.05, 0.1) is 5.75 Å². The van der Waals surface area contributed by atoms with E-state index in [0.717, 1.165) is 19.3 Å². The van der Waals surface area contributed by atoms with Crippen LogP contribution in [-0.4, -0.2) is 40.3 Å². The Morgan fingerprint density at radius 2 is 1.93 bits per heavy atom. The topological polar surface area (TPSA) is 55.4 Å². The Balaban J connectivity index is 3.47. The number of ether oxygens (including phenoxy) is 1. The summed E-state index contributed by atoms with van der Waals surface area (Å²) in [5.41, 5.74) is 0. The SMILES string of the molecule is COCCCCNS(=O)(=O)CCCCCl. The first-order chi connectivity index (χ1) is 7.12. The summed E-state index contributed by atoms with van der Waals surface area (Å²) in [6, 6.07) is 0. The summed E-state index contributed by atoms with van der Waals surface area (Å²) in [5.74, 6) is 0.688. The lowest BCUT2D eigenvalue weighted by Crippen LogP contribution is -2.27. The van der Waals surface area contributed by atoms with Gasteiger partial charge >= 0.3 is 0 Å². The fourth-order valence-electron chi connectivity index (χ4n) is 1.06. The largest absolute Gasteiger partial charge is 0.385 e. The van der Waals surface area contributed by atoms with E-state index in [1.165, 1.54) is 0 Å². The lowest BCUT2D eigenvalue weighted by molar-refractivity contribution is 0.193. The Kier molecular flexibility index (Phi) is 9.49. The van der Waals surface area contributed by atoms with Crippen LogP contribution in [0.4, 0.5) is 0 Å². The Bertz CT molecular complexity index is 232. The van der Waals surface area contributed by atoms with Crippen molar-refractivity contribution >= 4 is 21.6 Å². The summed E-state index contributed by atoms with van der Waals surface area (Å²) >= 11 is 5.46. The van der Waals surface area contributed by atoms with Crippen LogP contribution in [0.5, 0.6) is 0 Å². The average molecular weight is 258 g/mol. The molecule has 4 nitrogen and oxygen atoms in total. The normalized spacial score (nSPS) is 11.9. The second-order valence-electron chi connectivity index (χ2n) is 3.31. The number of hydrogen-bond acceptors (Lipinski definition) is 3. The van der Waals surface area contributed by atoms with Gasteiger partial charge in [-0.1, -0.05) is 0 Å². The standard InChI is InChI=1S/C9H20ClNO3S/c1-14-8-4-3-7-11-15(12,13)9-5-2-6-10/h11H,2-9H2,1H3. The highest BCUT2D eigenvalue weighted by Gasteiger charge is 2.07. The van der Waals surface area contributed by atoms with Gasteiger partial charge in [-0.05, 0) is 25.7 Å². The fourth-order valence-corrected chi connectivity index (χ4v) is 2.43. The Morgan fingerprint density at radius 1 is 1.20 bits per heavy atom. The molecule has 6 heteroatoms. The monoisotopic (exact) mass is 257 g/mol. The summed E-state index contributed by atoms with van der Waals surface area (Å²) < 4.78 is 30.1. The minimum Gasteiger partial charge on any atom is -0.385 e. The van der Waals surface area contributed by atoms with Crippen LogP contribution in [0.3, 0.4) is 0 Å². The minimum absolute atomic E-state index is 0.171. The molecule has 1 N–H and O–H groups in total. The van der Waals surface area contributed by atoms with Gasteiger partial charge in [0.2, 0.25) is 10.0 Å². The van der Waals surface area contributed by atoms with E-state index in [9.17, 15) is 8.42 Å². The van der Waals surface area contributed by atoms with Crippen molar-refractivity contribution in [2.24, 2.45) is 0 Å². The molecule has 0 aliphatic rings. The maximum atomic E-state index is 11.4. The Morgan fingerprint density at radius 3 is 2.53 bits per heavy atom. The number of alkyl halides is 1. The van der Waals surface area contributed by atoms with E-state index in [4.69, 9.17) is 16.3 Å². The third-order valence-electron chi connectivity index (χ3n) is 1.89. The third kappa shape index (κ3) is 10.4. The van der Waals surface area contributed by atoms with Gasteiger partial charge in [0, 0.05) is 26.1 Å². The molecule has 0 aromatic rings. The van der Waals surface area contributed by atoms with Crippen LogP contribution in [0.2, 0.25) is 0 Å². The Hall–Kier alpha value is 0.160. The van der Waals surface area contributed by atoms with Crippen LogP contribution >= 0.6 is 11.6 Å². The molecule has 0 bridgehead atoms. The minimum atomic E-state index is -3.09. The molecular formula is C9H20ClNO3S. The smallest absolute Gasteiger partial charge is 0.211 e. The molecule has 92 valence electrons. The molecule has 0 amide bonds. The predicted octanol–water partition coefficient (Wildman–Crippen LogP) is 1.35. The van der Waals surface area contributed by atoms with Crippen LogP contribution in [-0.2, 0) is 14.8 Å². The van der Waals surface area contributed by atoms with Crippen molar-refractivity contribution in [3.05, 3.63) is 0 Å². The van der Waals surface area contributed by atoms with Crippen molar-refractivity contribution in [2.75, 3.05) is 31.9 Å². The lowest BCUT2D eigenvalue weighted by Gasteiger charge is -2.05. The van der Waals surface area contributed by atoms with Crippen LogP contribution in [0.15, 0.2) is 0 Å². The zero-order valence-corrected chi connectivity index (χ0v) is 10.7. The summed E-state index contributed by atoms with van der Waals surface area (Å²) in [5, 5.41) is 0. The first kappa shape index (κ1) is 15.2. The molecule has 0 unspecified atom stereocenters. The molecule has 0 heterocycles. The van der Waals surface area contributed by atoms with Gasteiger partial charge in [-0.3, -0.25) is 0 Å². The van der Waals surface area contributed by atoms with Gasteiger partial charge in [0.15, 0.2) is 0 Å². The molecular weight excluding hydrogens is 238 g/mol. The predicted molar refractivity (Wildman–Crippen MR) is 62.9 cm³/mol. The van der Waals surface area contributed by atoms with E-state index < -0.39 is 10.0 Å². The van der Waals surface area contributed by atoms with Crippen LogP contribution < -0.4 is 4.72 Å². The number of hydrogen-bond donors (Lipinski definition) is 1. The maximum Gasteiger partial charge on any atom is 0.211 e. The quantitative estimate of drug-likeness (QED) is 0.475. The van der Waals surface area contributed by atoms with Gasteiger partial charge in [0.1, 0.15) is 0 Å². The van der Waals surface area contributed by atoms with Crippen molar-refractivity contribution in [1.29, 1.82) is 0 Å². The highest BCUT2D eigenvalue weighted by molar-refractivity contribution is 7.89. The second kappa shape index (κ2) is 9.39. The second-order valence-corrected chi connectivity index (χ2v) is 5.61. The molecule has 0 atom stereocenters. The molecule has 0 saturated carbocycles.